The number of aryl methyl sites for hydroxylation is 1. The molecule has 140 valence electrons. The maximum atomic E-state index is 13.2. The average Bonchev–Trinajstić information content (AvgIpc) is 3.33. The van der Waals surface area contributed by atoms with Gasteiger partial charge < -0.3 is 5.11 Å². The lowest BCUT2D eigenvalue weighted by Gasteiger charge is -2.23. The smallest absolute Gasteiger partial charge is 0.337 e. The van der Waals surface area contributed by atoms with Gasteiger partial charge in [0, 0.05) is 48.5 Å². The van der Waals surface area contributed by atoms with Gasteiger partial charge in [-0.05, 0) is 25.0 Å². The molecule has 1 aliphatic rings. The second-order valence-electron chi connectivity index (χ2n) is 6.34. The van der Waals surface area contributed by atoms with Crippen molar-refractivity contribution in [3.63, 3.8) is 0 Å². The van der Waals surface area contributed by atoms with Gasteiger partial charge >= 0.3 is 5.97 Å². The van der Waals surface area contributed by atoms with Gasteiger partial charge in [0.15, 0.2) is 0 Å². The molecule has 0 unspecified atom stereocenters. The van der Waals surface area contributed by atoms with E-state index in [-0.39, 0.29) is 35.4 Å². The summed E-state index contributed by atoms with van der Waals surface area (Å²) >= 11 is 12.5. The average molecular weight is 404 g/mol. The van der Waals surface area contributed by atoms with Crippen LogP contribution in [0.1, 0.15) is 46.4 Å². The Morgan fingerprint density at radius 2 is 2.08 bits per heavy atom. The molecule has 26 heavy (non-hydrogen) atoms. The van der Waals surface area contributed by atoms with Crippen molar-refractivity contribution in [3.05, 3.63) is 50.8 Å². The molecule has 1 heterocycles. The summed E-state index contributed by atoms with van der Waals surface area (Å²) < 4.78 is 27.8. The van der Waals surface area contributed by atoms with Crippen molar-refractivity contribution in [2.24, 2.45) is 7.05 Å². The first kappa shape index (κ1) is 19.1. The molecule has 0 bridgehead atoms. The Bertz CT molecular complexity index is 838. The largest absolute Gasteiger partial charge is 0.478 e. The summed E-state index contributed by atoms with van der Waals surface area (Å²) in [6.45, 7) is 0.545. The second-order valence-corrected chi connectivity index (χ2v) is 7.13. The van der Waals surface area contributed by atoms with Crippen LogP contribution in [0.2, 0.25) is 10.0 Å². The summed E-state index contributed by atoms with van der Waals surface area (Å²) in [4.78, 5) is 13.3. The van der Waals surface area contributed by atoms with Crippen molar-refractivity contribution in [2.75, 3.05) is 0 Å². The molecular weight excluding hydrogens is 387 g/mol. The van der Waals surface area contributed by atoms with Crippen LogP contribution in [0.25, 0.3) is 0 Å². The molecular formula is C17H17Cl2F2N3O2. The fourth-order valence-corrected chi connectivity index (χ4v) is 3.51. The normalized spacial score (nSPS) is 14.4. The maximum Gasteiger partial charge on any atom is 0.337 e. The molecule has 1 N–H and O–H groups in total. The summed E-state index contributed by atoms with van der Waals surface area (Å²) in [6.07, 6.45) is 0.805. The Balaban J connectivity index is 1.89. The zero-order valence-corrected chi connectivity index (χ0v) is 15.4. The number of hydrogen-bond donors (Lipinski definition) is 1. The predicted octanol–water partition coefficient (Wildman–Crippen LogP) is 4.53. The lowest BCUT2D eigenvalue weighted by molar-refractivity contribution is 0.0696. The molecule has 1 saturated carbocycles. The van der Waals surface area contributed by atoms with E-state index >= 15 is 0 Å². The minimum atomic E-state index is -2.66. The third kappa shape index (κ3) is 4.00. The molecule has 1 aliphatic carbocycles. The van der Waals surface area contributed by atoms with Crippen molar-refractivity contribution >= 4 is 29.2 Å². The van der Waals surface area contributed by atoms with E-state index in [9.17, 15) is 18.7 Å². The minimum Gasteiger partial charge on any atom is -0.478 e. The highest BCUT2D eigenvalue weighted by Crippen LogP contribution is 2.35. The van der Waals surface area contributed by atoms with Gasteiger partial charge in [-0.15, -0.1) is 0 Å². The van der Waals surface area contributed by atoms with Gasteiger partial charge in [-0.25, -0.2) is 13.6 Å². The van der Waals surface area contributed by atoms with Crippen molar-refractivity contribution in [1.82, 2.24) is 14.7 Å². The molecule has 9 heteroatoms. The van der Waals surface area contributed by atoms with Crippen molar-refractivity contribution in [2.45, 2.75) is 38.4 Å². The van der Waals surface area contributed by atoms with Gasteiger partial charge in [-0.2, -0.15) is 5.10 Å². The quantitative estimate of drug-likeness (QED) is 0.737. The van der Waals surface area contributed by atoms with Crippen LogP contribution >= 0.6 is 23.2 Å². The van der Waals surface area contributed by atoms with E-state index in [1.807, 2.05) is 4.90 Å². The van der Waals surface area contributed by atoms with E-state index in [2.05, 4.69) is 5.10 Å². The van der Waals surface area contributed by atoms with Gasteiger partial charge in [-0.3, -0.25) is 9.58 Å². The number of carboxylic acid groups (broad SMARTS) is 1. The highest BCUT2D eigenvalue weighted by molar-refractivity contribution is 6.37. The standard InChI is InChI=1S/C17H17Cl2F2N3O2/c1-23-6-9(15(22-23)16(20)21)7-24(10-2-3-10)8-12-13(18)5-4-11(14(12)19)17(25)26/h4-6,10,16H,2-3,7-8H2,1H3,(H,25,26). The number of carbonyl (C=O) groups is 1. The number of rotatable bonds is 7. The fraction of sp³-hybridized carbons (Fsp3) is 0.412. The zero-order valence-electron chi connectivity index (χ0n) is 13.9. The predicted molar refractivity (Wildman–Crippen MR) is 93.9 cm³/mol. The van der Waals surface area contributed by atoms with Crippen LogP contribution in [-0.4, -0.2) is 31.8 Å². The van der Waals surface area contributed by atoms with Crippen LogP contribution in [0, 0.1) is 0 Å². The Kier molecular flexibility index (Phi) is 5.50. The monoisotopic (exact) mass is 403 g/mol. The highest BCUT2D eigenvalue weighted by Gasteiger charge is 2.32. The fourth-order valence-electron chi connectivity index (χ4n) is 2.94. The molecule has 0 spiro atoms. The van der Waals surface area contributed by atoms with Crippen LogP contribution in [-0.2, 0) is 20.1 Å². The van der Waals surface area contributed by atoms with Gasteiger partial charge in [0.2, 0.25) is 0 Å². The summed E-state index contributed by atoms with van der Waals surface area (Å²) in [5.74, 6) is -1.14. The lowest BCUT2D eigenvalue weighted by atomic mass is 10.1. The molecule has 0 radical (unpaired) electrons. The first-order chi connectivity index (χ1) is 12.3. The van der Waals surface area contributed by atoms with Gasteiger partial charge in [0.05, 0.1) is 10.6 Å². The van der Waals surface area contributed by atoms with Crippen LogP contribution in [0.15, 0.2) is 18.3 Å². The molecule has 1 aromatic heterocycles. The summed E-state index contributed by atoms with van der Waals surface area (Å²) in [5.41, 5.74) is 0.657. The molecule has 1 fully saturated rings. The van der Waals surface area contributed by atoms with E-state index in [4.69, 9.17) is 23.2 Å². The third-order valence-electron chi connectivity index (χ3n) is 4.36. The topological polar surface area (TPSA) is 58.4 Å². The summed E-state index contributed by atoms with van der Waals surface area (Å²) in [7, 11) is 1.60. The lowest BCUT2D eigenvalue weighted by Crippen LogP contribution is -2.26. The number of benzene rings is 1. The number of aromatic nitrogens is 2. The van der Waals surface area contributed by atoms with E-state index < -0.39 is 12.4 Å². The van der Waals surface area contributed by atoms with E-state index in [0.717, 1.165) is 12.8 Å². The van der Waals surface area contributed by atoms with Crippen LogP contribution in [0.4, 0.5) is 8.78 Å². The van der Waals surface area contributed by atoms with Crippen LogP contribution in [0.5, 0.6) is 0 Å². The SMILES string of the molecule is Cn1cc(CN(Cc2c(Cl)ccc(C(=O)O)c2Cl)C2CC2)c(C(F)F)n1. The summed E-state index contributed by atoms with van der Waals surface area (Å²) in [6, 6.07) is 3.07. The van der Waals surface area contributed by atoms with Gasteiger partial charge in [0.25, 0.3) is 6.43 Å². The van der Waals surface area contributed by atoms with Crippen molar-refractivity contribution in [1.29, 1.82) is 0 Å². The molecule has 5 nitrogen and oxygen atoms in total. The number of nitrogens with zero attached hydrogens (tertiary/aromatic N) is 3. The second kappa shape index (κ2) is 7.50. The Morgan fingerprint density at radius 3 is 2.65 bits per heavy atom. The van der Waals surface area contributed by atoms with Crippen molar-refractivity contribution in [3.8, 4) is 0 Å². The Labute approximate surface area is 159 Å². The van der Waals surface area contributed by atoms with Gasteiger partial charge in [0.1, 0.15) is 5.69 Å². The number of aromatic carboxylic acids is 1. The molecule has 0 atom stereocenters. The van der Waals surface area contributed by atoms with Crippen LogP contribution < -0.4 is 0 Å². The number of alkyl halides is 2. The van der Waals surface area contributed by atoms with Crippen molar-refractivity contribution < 1.29 is 18.7 Å². The summed E-state index contributed by atoms with van der Waals surface area (Å²) in [5, 5.41) is 13.5. The number of halogens is 4. The molecule has 0 aliphatic heterocycles. The van der Waals surface area contributed by atoms with Crippen LogP contribution in [0.3, 0.4) is 0 Å². The highest BCUT2D eigenvalue weighted by atomic mass is 35.5. The Hall–Kier alpha value is -1.70. The zero-order chi connectivity index (χ0) is 19.0. The molecule has 3 rings (SSSR count). The third-order valence-corrected chi connectivity index (χ3v) is 5.14. The molecule has 0 amide bonds. The molecule has 1 aromatic carbocycles. The maximum absolute atomic E-state index is 13.2. The van der Waals surface area contributed by atoms with E-state index in [1.54, 1.807) is 13.2 Å². The van der Waals surface area contributed by atoms with E-state index in [0.29, 0.717) is 16.1 Å². The first-order valence-corrected chi connectivity index (χ1v) is 8.78. The number of carboxylic acids is 1. The van der Waals surface area contributed by atoms with Gasteiger partial charge in [-0.1, -0.05) is 23.2 Å². The molecule has 2 aromatic rings. The number of hydrogen-bond acceptors (Lipinski definition) is 3. The Morgan fingerprint density at radius 1 is 1.38 bits per heavy atom. The van der Waals surface area contributed by atoms with E-state index in [1.165, 1.54) is 16.8 Å². The first-order valence-electron chi connectivity index (χ1n) is 8.02. The molecule has 0 saturated heterocycles. The minimum absolute atomic E-state index is 0.0311.